The van der Waals surface area contributed by atoms with E-state index >= 15 is 0 Å². The second kappa shape index (κ2) is 13.5. The first-order valence-corrected chi connectivity index (χ1v) is 11.2. The predicted molar refractivity (Wildman–Crippen MR) is 124 cm³/mol. The van der Waals surface area contributed by atoms with Crippen molar-refractivity contribution >= 4 is 29.4 Å². The summed E-state index contributed by atoms with van der Waals surface area (Å²) in [5, 5.41) is 3.61. The van der Waals surface area contributed by atoms with Crippen molar-refractivity contribution < 1.29 is 23.9 Å². The Labute approximate surface area is 194 Å². The summed E-state index contributed by atoms with van der Waals surface area (Å²) in [6, 6.07) is 15.2. The van der Waals surface area contributed by atoms with Crippen LogP contribution < -0.4 is 5.32 Å². The zero-order valence-electron chi connectivity index (χ0n) is 18.6. The molecule has 172 valence electrons. The lowest BCUT2D eigenvalue weighted by molar-refractivity contribution is -0.144. The van der Waals surface area contributed by atoms with Crippen LogP contribution in [0.15, 0.2) is 48.5 Å². The summed E-state index contributed by atoms with van der Waals surface area (Å²) in [7, 11) is 1.34. The fourth-order valence-electron chi connectivity index (χ4n) is 3.34. The maximum absolute atomic E-state index is 12.4. The van der Waals surface area contributed by atoms with Crippen molar-refractivity contribution in [3.8, 4) is 11.1 Å². The van der Waals surface area contributed by atoms with Gasteiger partial charge in [0.2, 0.25) is 5.91 Å². The molecule has 0 radical (unpaired) electrons. The van der Waals surface area contributed by atoms with Gasteiger partial charge >= 0.3 is 11.9 Å². The summed E-state index contributed by atoms with van der Waals surface area (Å²) < 4.78 is 9.66. The average molecular weight is 460 g/mol. The van der Waals surface area contributed by atoms with Crippen LogP contribution in [0.25, 0.3) is 11.1 Å². The second-order valence-electron chi connectivity index (χ2n) is 7.47. The summed E-state index contributed by atoms with van der Waals surface area (Å²) in [6.45, 7) is 2.04. The maximum atomic E-state index is 12.4. The summed E-state index contributed by atoms with van der Waals surface area (Å²) >= 11 is 6.08. The van der Waals surface area contributed by atoms with E-state index in [1.54, 1.807) is 6.92 Å². The van der Waals surface area contributed by atoms with Crippen LogP contribution in [0.1, 0.15) is 44.6 Å². The Balaban J connectivity index is 1.97. The fraction of sp³-hybridized carbons (Fsp3) is 0.400. The van der Waals surface area contributed by atoms with Gasteiger partial charge in [-0.25, -0.2) is 0 Å². The number of halogens is 1. The van der Waals surface area contributed by atoms with Gasteiger partial charge in [0.15, 0.2) is 0 Å². The van der Waals surface area contributed by atoms with E-state index in [-0.39, 0.29) is 43.2 Å². The molecule has 0 unspecified atom stereocenters. The van der Waals surface area contributed by atoms with Crippen LogP contribution >= 0.6 is 11.6 Å². The third-order valence-corrected chi connectivity index (χ3v) is 5.17. The van der Waals surface area contributed by atoms with E-state index in [0.717, 1.165) is 16.7 Å². The molecule has 0 bridgehead atoms. The van der Waals surface area contributed by atoms with Gasteiger partial charge in [0.25, 0.3) is 0 Å². The molecule has 0 saturated heterocycles. The molecule has 0 aliphatic heterocycles. The highest BCUT2D eigenvalue weighted by Gasteiger charge is 2.18. The first-order chi connectivity index (χ1) is 15.4. The summed E-state index contributed by atoms with van der Waals surface area (Å²) in [5.41, 5.74) is 3.05. The lowest BCUT2D eigenvalue weighted by atomic mass is 9.99. The van der Waals surface area contributed by atoms with Gasteiger partial charge < -0.3 is 14.8 Å². The first-order valence-electron chi connectivity index (χ1n) is 10.8. The number of rotatable bonds is 12. The third kappa shape index (κ3) is 9.10. The second-order valence-corrected chi connectivity index (χ2v) is 7.90. The van der Waals surface area contributed by atoms with E-state index in [0.29, 0.717) is 30.9 Å². The molecule has 1 N–H and O–H groups in total. The predicted octanol–water partition coefficient (Wildman–Crippen LogP) is 4.72. The molecule has 0 spiro atoms. The monoisotopic (exact) mass is 459 g/mol. The molecular formula is C25H30ClNO5. The molecule has 0 aromatic heterocycles. The van der Waals surface area contributed by atoms with Gasteiger partial charge in [-0.05, 0) is 55.0 Å². The molecule has 1 amide bonds. The van der Waals surface area contributed by atoms with Crippen molar-refractivity contribution in [2.24, 2.45) is 0 Å². The number of methoxy groups -OCH3 is 1. The zero-order valence-corrected chi connectivity index (χ0v) is 19.3. The molecule has 32 heavy (non-hydrogen) atoms. The number of carbonyl (C=O) groups excluding carboxylic acids is 3. The van der Waals surface area contributed by atoms with Gasteiger partial charge in [0, 0.05) is 23.9 Å². The number of benzene rings is 2. The fourth-order valence-corrected chi connectivity index (χ4v) is 3.53. The van der Waals surface area contributed by atoms with Crippen molar-refractivity contribution in [2.75, 3.05) is 13.7 Å². The van der Waals surface area contributed by atoms with Crippen LogP contribution in [0.5, 0.6) is 0 Å². The Morgan fingerprint density at radius 2 is 1.69 bits per heavy atom. The van der Waals surface area contributed by atoms with Crippen LogP contribution in [0.4, 0.5) is 0 Å². The van der Waals surface area contributed by atoms with E-state index in [2.05, 4.69) is 10.1 Å². The first kappa shape index (κ1) is 25.4. The SMILES string of the molecule is CCOC(=O)C[C@@H](Cc1ccc(-c2cccc(Cl)c2)cc1)NC(=O)CCCCC(=O)OC. The molecule has 0 saturated carbocycles. The molecule has 0 aliphatic rings. The molecule has 1 atom stereocenters. The van der Waals surface area contributed by atoms with E-state index < -0.39 is 0 Å². The molecule has 0 fully saturated rings. The smallest absolute Gasteiger partial charge is 0.307 e. The molecular weight excluding hydrogens is 430 g/mol. The van der Waals surface area contributed by atoms with E-state index in [4.69, 9.17) is 16.3 Å². The summed E-state index contributed by atoms with van der Waals surface area (Å²) in [5.74, 6) is -0.787. The van der Waals surface area contributed by atoms with E-state index in [1.807, 2.05) is 48.5 Å². The van der Waals surface area contributed by atoms with E-state index in [1.165, 1.54) is 7.11 Å². The average Bonchev–Trinajstić information content (AvgIpc) is 2.77. The number of carbonyl (C=O) groups is 3. The number of hydrogen-bond donors (Lipinski definition) is 1. The van der Waals surface area contributed by atoms with Gasteiger partial charge in [-0.15, -0.1) is 0 Å². The number of hydrogen-bond acceptors (Lipinski definition) is 5. The molecule has 2 rings (SSSR count). The Morgan fingerprint density at radius 1 is 0.969 bits per heavy atom. The molecule has 0 heterocycles. The standard InChI is InChI=1S/C25H30ClNO5/c1-3-32-25(30)17-22(27-23(28)9-4-5-10-24(29)31-2)15-18-11-13-19(14-12-18)20-7-6-8-21(26)16-20/h6-8,11-14,16,22H,3-5,9-10,15,17H2,1-2H3,(H,27,28)/t22-/m1/s1. The zero-order chi connectivity index (χ0) is 23.3. The van der Waals surface area contributed by atoms with Gasteiger partial charge in [0.05, 0.1) is 20.1 Å². The maximum Gasteiger partial charge on any atom is 0.307 e. The quantitative estimate of drug-likeness (QED) is 0.367. The molecule has 7 heteroatoms. The molecule has 2 aromatic carbocycles. The van der Waals surface area contributed by atoms with Gasteiger partial charge in [-0.2, -0.15) is 0 Å². The minimum absolute atomic E-state index is 0.0950. The van der Waals surface area contributed by atoms with Crippen LogP contribution in [0.3, 0.4) is 0 Å². The van der Waals surface area contributed by atoms with Crippen molar-refractivity contribution in [3.63, 3.8) is 0 Å². The Morgan fingerprint density at radius 3 is 2.34 bits per heavy atom. The Bertz CT molecular complexity index is 897. The Kier molecular flexibility index (Phi) is 10.7. The minimum atomic E-state index is -0.376. The Hall–Kier alpha value is -2.86. The van der Waals surface area contributed by atoms with Crippen LogP contribution in [-0.2, 0) is 30.3 Å². The van der Waals surface area contributed by atoms with Gasteiger partial charge in [-0.1, -0.05) is 48.0 Å². The normalized spacial score (nSPS) is 11.5. The van der Waals surface area contributed by atoms with Crippen molar-refractivity contribution in [2.45, 2.75) is 51.5 Å². The number of nitrogens with one attached hydrogen (secondary N) is 1. The molecule has 2 aromatic rings. The van der Waals surface area contributed by atoms with Gasteiger partial charge in [0.1, 0.15) is 0 Å². The van der Waals surface area contributed by atoms with Crippen molar-refractivity contribution in [1.82, 2.24) is 5.32 Å². The summed E-state index contributed by atoms with van der Waals surface area (Å²) in [6.07, 6.45) is 2.31. The highest BCUT2D eigenvalue weighted by Crippen LogP contribution is 2.23. The lowest BCUT2D eigenvalue weighted by Gasteiger charge is -2.18. The number of esters is 2. The number of unbranched alkanes of at least 4 members (excludes halogenated alkanes) is 1. The number of ether oxygens (including phenoxy) is 2. The van der Waals surface area contributed by atoms with Crippen LogP contribution in [0.2, 0.25) is 5.02 Å². The van der Waals surface area contributed by atoms with Gasteiger partial charge in [-0.3, -0.25) is 14.4 Å². The van der Waals surface area contributed by atoms with E-state index in [9.17, 15) is 14.4 Å². The van der Waals surface area contributed by atoms with Crippen molar-refractivity contribution in [1.29, 1.82) is 0 Å². The largest absolute Gasteiger partial charge is 0.469 e. The topological polar surface area (TPSA) is 81.7 Å². The summed E-state index contributed by atoms with van der Waals surface area (Å²) in [4.78, 5) is 35.6. The van der Waals surface area contributed by atoms with Crippen LogP contribution in [0, 0.1) is 0 Å². The third-order valence-electron chi connectivity index (χ3n) is 4.94. The minimum Gasteiger partial charge on any atom is -0.469 e. The highest BCUT2D eigenvalue weighted by atomic mass is 35.5. The van der Waals surface area contributed by atoms with Crippen LogP contribution in [-0.4, -0.2) is 37.6 Å². The lowest BCUT2D eigenvalue weighted by Crippen LogP contribution is -2.38. The highest BCUT2D eigenvalue weighted by molar-refractivity contribution is 6.30. The molecule has 0 aliphatic carbocycles. The van der Waals surface area contributed by atoms with Crippen molar-refractivity contribution in [3.05, 3.63) is 59.1 Å². The molecule has 6 nitrogen and oxygen atoms in total. The number of amides is 1.